The van der Waals surface area contributed by atoms with E-state index in [-0.39, 0.29) is 11.5 Å². The molecule has 116 valence electrons. The van der Waals surface area contributed by atoms with Crippen LogP contribution in [-0.4, -0.2) is 33.0 Å². The number of hydrogen-bond acceptors (Lipinski definition) is 4. The molecule has 2 fully saturated rings. The summed E-state index contributed by atoms with van der Waals surface area (Å²) in [7, 11) is 1.70. The molecule has 0 bridgehead atoms. The van der Waals surface area contributed by atoms with E-state index >= 15 is 0 Å². The maximum Gasteiger partial charge on any atom is 0.165 e. The smallest absolute Gasteiger partial charge is 0.165 e. The highest BCUT2D eigenvalue weighted by molar-refractivity contribution is 5.51. The molecule has 1 aliphatic carbocycles. The van der Waals surface area contributed by atoms with Gasteiger partial charge >= 0.3 is 0 Å². The van der Waals surface area contributed by atoms with Crippen molar-refractivity contribution in [3.8, 4) is 11.5 Å². The molecule has 0 amide bonds. The minimum absolute atomic E-state index is 0.0784. The monoisotopic (exact) mass is 291 g/mol. The van der Waals surface area contributed by atoms with Crippen LogP contribution < -0.4 is 15.2 Å². The summed E-state index contributed by atoms with van der Waals surface area (Å²) in [5.41, 5.74) is 7.38. The molecule has 1 aromatic rings. The molecule has 0 unspecified atom stereocenters. The number of benzene rings is 1. The first-order valence-corrected chi connectivity index (χ1v) is 7.91. The van der Waals surface area contributed by atoms with Crippen molar-refractivity contribution in [2.45, 2.75) is 43.6 Å². The van der Waals surface area contributed by atoms with Crippen LogP contribution in [0.15, 0.2) is 18.2 Å². The summed E-state index contributed by atoms with van der Waals surface area (Å²) in [4.78, 5) is 0. The van der Waals surface area contributed by atoms with Crippen molar-refractivity contribution in [1.29, 1.82) is 0 Å². The summed E-state index contributed by atoms with van der Waals surface area (Å²) in [5, 5.41) is 0. The van der Waals surface area contributed by atoms with E-state index in [1.165, 1.54) is 12.0 Å². The number of methoxy groups -OCH3 is 1. The van der Waals surface area contributed by atoms with E-state index in [0.29, 0.717) is 6.54 Å². The summed E-state index contributed by atoms with van der Waals surface area (Å²) < 4.78 is 17.3. The van der Waals surface area contributed by atoms with Crippen molar-refractivity contribution in [2.75, 3.05) is 26.9 Å². The van der Waals surface area contributed by atoms with Crippen molar-refractivity contribution in [3.05, 3.63) is 23.8 Å². The van der Waals surface area contributed by atoms with E-state index in [1.54, 1.807) is 7.11 Å². The van der Waals surface area contributed by atoms with Gasteiger partial charge in [-0.05, 0) is 18.9 Å². The fraction of sp³-hybridized carbons (Fsp3) is 0.647. The number of hydrogen-bond donors (Lipinski definition) is 1. The Balaban J connectivity index is 1.91. The second kappa shape index (κ2) is 6.24. The molecule has 1 aromatic carbocycles. The first kappa shape index (κ1) is 14.7. The van der Waals surface area contributed by atoms with E-state index in [0.717, 1.165) is 50.4 Å². The molecule has 1 saturated heterocycles. The molecule has 21 heavy (non-hydrogen) atoms. The van der Waals surface area contributed by atoms with Gasteiger partial charge in [-0.3, -0.25) is 0 Å². The average molecular weight is 291 g/mol. The van der Waals surface area contributed by atoms with Crippen molar-refractivity contribution in [1.82, 2.24) is 0 Å². The van der Waals surface area contributed by atoms with Gasteiger partial charge in [0.25, 0.3) is 0 Å². The minimum Gasteiger partial charge on any atom is -0.493 e. The molecule has 1 saturated carbocycles. The largest absolute Gasteiger partial charge is 0.493 e. The van der Waals surface area contributed by atoms with Crippen LogP contribution in [0.1, 0.15) is 37.7 Å². The zero-order chi connectivity index (χ0) is 14.7. The van der Waals surface area contributed by atoms with Crippen LogP contribution in [0.4, 0.5) is 0 Å². The van der Waals surface area contributed by atoms with Gasteiger partial charge in [0.2, 0.25) is 0 Å². The summed E-state index contributed by atoms with van der Waals surface area (Å²) in [5.74, 6) is 1.72. The van der Waals surface area contributed by atoms with Crippen LogP contribution in [0.25, 0.3) is 0 Å². The standard InChI is InChI=1S/C17H25NO3/c1-19-15-5-2-4-14(17(12-18)8-3-9-17)16(15)21-13-6-10-20-11-7-13/h2,4-5,13H,3,6-12,18H2,1H3. The van der Waals surface area contributed by atoms with E-state index in [4.69, 9.17) is 19.9 Å². The van der Waals surface area contributed by atoms with E-state index in [9.17, 15) is 0 Å². The van der Waals surface area contributed by atoms with Gasteiger partial charge < -0.3 is 19.9 Å². The van der Waals surface area contributed by atoms with E-state index in [2.05, 4.69) is 6.07 Å². The molecule has 2 N–H and O–H groups in total. The highest BCUT2D eigenvalue weighted by atomic mass is 16.5. The molecule has 3 rings (SSSR count). The second-order valence-corrected chi connectivity index (χ2v) is 6.10. The number of para-hydroxylation sites is 1. The van der Waals surface area contributed by atoms with Crippen LogP contribution in [-0.2, 0) is 10.2 Å². The van der Waals surface area contributed by atoms with Crippen molar-refractivity contribution < 1.29 is 14.2 Å². The van der Waals surface area contributed by atoms with Crippen molar-refractivity contribution in [3.63, 3.8) is 0 Å². The van der Waals surface area contributed by atoms with Crippen LogP contribution in [0.5, 0.6) is 11.5 Å². The predicted octanol–water partition coefficient (Wildman–Crippen LogP) is 2.63. The molecular weight excluding hydrogens is 266 g/mol. The highest BCUT2D eigenvalue weighted by Crippen LogP contribution is 2.49. The Labute approximate surface area is 126 Å². The zero-order valence-electron chi connectivity index (χ0n) is 12.8. The minimum atomic E-state index is 0.0784. The quantitative estimate of drug-likeness (QED) is 0.906. The van der Waals surface area contributed by atoms with Gasteiger partial charge in [0.15, 0.2) is 11.5 Å². The van der Waals surface area contributed by atoms with Gasteiger partial charge in [0.05, 0.1) is 20.3 Å². The number of ether oxygens (including phenoxy) is 3. The molecule has 0 atom stereocenters. The Kier molecular flexibility index (Phi) is 4.36. The maximum absolute atomic E-state index is 6.33. The van der Waals surface area contributed by atoms with Gasteiger partial charge in [-0.15, -0.1) is 0 Å². The van der Waals surface area contributed by atoms with Gasteiger partial charge in [-0.1, -0.05) is 18.6 Å². The Hall–Kier alpha value is -1.26. The van der Waals surface area contributed by atoms with Crippen molar-refractivity contribution >= 4 is 0 Å². The van der Waals surface area contributed by atoms with Crippen LogP contribution in [0.3, 0.4) is 0 Å². The third kappa shape index (κ3) is 2.74. The maximum atomic E-state index is 6.33. The zero-order valence-corrected chi connectivity index (χ0v) is 12.8. The Morgan fingerprint density at radius 3 is 2.62 bits per heavy atom. The molecule has 1 aliphatic heterocycles. The lowest BCUT2D eigenvalue weighted by atomic mass is 9.64. The average Bonchev–Trinajstić information content (AvgIpc) is 2.49. The molecule has 4 heteroatoms. The van der Waals surface area contributed by atoms with Gasteiger partial charge in [-0.2, -0.15) is 0 Å². The summed E-state index contributed by atoms with van der Waals surface area (Å²) in [6.45, 7) is 2.22. The Morgan fingerprint density at radius 1 is 1.29 bits per heavy atom. The SMILES string of the molecule is COc1cccc(C2(CN)CCC2)c1OC1CCOCC1. The number of nitrogens with two attached hydrogens (primary N) is 1. The lowest BCUT2D eigenvalue weighted by molar-refractivity contribution is 0.0232. The van der Waals surface area contributed by atoms with Crippen LogP contribution in [0, 0.1) is 0 Å². The Bertz CT molecular complexity index is 473. The molecule has 0 spiro atoms. The van der Waals surface area contributed by atoms with Gasteiger partial charge in [-0.25, -0.2) is 0 Å². The van der Waals surface area contributed by atoms with Gasteiger partial charge in [0, 0.05) is 30.4 Å². The second-order valence-electron chi connectivity index (χ2n) is 6.10. The third-order valence-corrected chi connectivity index (χ3v) is 4.92. The van der Waals surface area contributed by atoms with Gasteiger partial charge in [0.1, 0.15) is 6.10 Å². The number of rotatable bonds is 5. The molecule has 0 aromatic heterocycles. The molecule has 0 radical (unpaired) electrons. The fourth-order valence-electron chi connectivity index (χ4n) is 3.36. The van der Waals surface area contributed by atoms with E-state index in [1.807, 2.05) is 12.1 Å². The summed E-state index contributed by atoms with van der Waals surface area (Å²) >= 11 is 0. The van der Waals surface area contributed by atoms with Crippen LogP contribution >= 0.6 is 0 Å². The lowest BCUT2D eigenvalue weighted by Gasteiger charge is -2.42. The molecule has 4 nitrogen and oxygen atoms in total. The van der Waals surface area contributed by atoms with Crippen molar-refractivity contribution in [2.24, 2.45) is 5.73 Å². The molecule has 1 heterocycles. The highest BCUT2D eigenvalue weighted by Gasteiger charge is 2.40. The fourth-order valence-corrected chi connectivity index (χ4v) is 3.36. The third-order valence-electron chi connectivity index (χ3n) is 4.92. The summed E-state index contributed by atoms with van der Waals surface area (Å²) in [6.07, 6.45) is 5.61. The topological polar surface area (TPSA) is 53.7 Å². The first-order valence-electron chi connectivity index (χ1n) is 7.91. The van der Waals surface area contributed by atoms with Crippen LogP contribution in [0.2, 0.25) is 0 Å². The lowest BCUT2D eigenvalue weighted by Crippen LogP contribution is -2.42. The Morgan fingerprint density at radius 2 is 2.05 bits per heavy atom. The predicted molar refractivity (Wildman–Crippen MR) is 82.0 cm³/mol. The normalized spacial score (nSPS) is 21.6. The molecular formula is C17H25NO3. The summed E-state index contributed by atoms with van der Waals surface area (Å²) in [6, 6.07) is 6.17. The van der Waals surface area contributed by atoms with E-state index < -0.39 is 0 Å². The molecule has 2 aliphatic rings. The first-order chi connectivity index (χ1) is 10.3.